The molecule has 0 amide bonds. The standard InChI is InChI=1S/C9H6BrClS2/c10-9-3-5-1-7(12)6(4-11)2-8(5)13-9/h1-3,12H,4H2. The highest BCUT2D eigenvalue weighted by Gasteiger charge is 2.04. The third kappa shape index (κ3) is 1.89. The zero-order valence-corrected chi connectivity index (χ0v) is 10.6. The minimum absolute atomic E-state index is 0.518. The van der Waals surface area contributed by atoms with Crippen molar-refractivity contribution in [3.8, 4) is 0 Å². The van der Waals surface area contributed by atoms with Gasteiger partial charge in [-0.1, -0.05) is 0 Å². The lowest BCUT2D eigenvalue weighted by atomic mass is 10.2. The Morgan fingerprint density at radius 2 is 2.15 bits per heavy atom. The van der Waals surface area contributed by atoms with E-state index in [-0.39, 0.29) is 0 Å². The van der Waals surface area contributed by atoms with E-state index >= 15 is 0 Å². The molecule has 1 heterocycles. The quantitative estimate of drug-likeness (QED) is 0.572. The summed E-state index contributed by atoms with van der Waals surface area (Å²) in [6.45, 7) is 0. The van der Waals surface area contributed by atoms with Crippen LogP contribution >= 0.6 is 51.5 Å². The van der Waals surface area contributed by atoms with Crippen molar-refractivity contribution in [2.24, 2.45) is 0 Å². The van der Waals surface area contributed by atoms with E-state index in [1.165, 1.54) is 10.1 Å². The molecule has 0 saturated heterocycles. The van der Waals surface area contributed by atoms with Crippen molar-refractivity contribution in [3.05, 3.63) is 27.5 Å². The van der Waals surface area contributed by atoms with Crippen LogP contribution in [0.4, 0.5) is 0 Å². The van der Waals surface area contributed by atoms with Crippen LogP contribution in [0.25, 0.3) is 10.1 Å². The van der Waals surface area contributed by atoms with Gasteiger partial charge in [-0.2, -0.15) is 0 Å². The molecule has 0 spiro atoms. The van der Waals surface area contributed by atoms with E-state index in [1.807, 2.05) is 0 Å². The molecule has 1 aromatic heterocycles. The van der Waals surface area contributed by atoms with Gasteiger partial charge in [0.1, 0.15) is 0 Å². The van der Waals surface area contributed by atoms with Crippen molar-refractivity contribution in [3.63, 3.8) is 0 Å². The summed E-state index contributed by atoms with van der Waals surface area (Å²) in [7, 11) is 0. The Bertz CT molecular complexity index is 450. The fourth-order valence-electron chi connectivity index (χ4n) is 1.19. The van der Waals surface area contributed by atoms with E-state index in [2.05, 4.69) is 46.8 Å². The number of halogens is 2. The summed E-state index contributed by atoms with van der Waals surface area (Å²) in [5.41, 5.74) is 1.09. The lowest BCUT2D eigenvalue weighted by Crippen LogP contribution is -1.79. The maximum Gasteiger partial charge on any atom is 0.0711 e. The van der Waals surface area contributed by atoms with Crippen molar-refractivity contribution < 1.29 is 0 Å². The highest BCUT2D eigenvalue weighted by molar-refractivity contribution is 9.11. The van der Waals surface area contributed by atoms with Gasteiger partial charge in [-0.3, -0.25) is 0 Å². The fourth-order valence-corrected chi connectivity index (χ4v) is 3.39. The summed E-state index contributed by atoms with van der Waals surface area (Å²) in [4.78, 5) is 0.966. The lowest BCUT2D eigenvalue weighted by molar-refractivity contribution is 1.30. The molecule has 1 aromatic carbocycles. The molecule has 4 heteroatoms. The largest absolute Gasteiger partial charge is 0.143 e. The number of hydrogen-bond donors (Lipinski definition) is 1. The first-order valence-corrected chi connectivity index (χ1v) is 6.26. The van der Waals surface area contributed by atoms with E-state index in [0.717, 1.165) is 14.2 Å². The van der Waals surface area contributed by atoms with Gasteiger partial charge in [0.05, 0.1) is 3.79 Å². The first-order chi connectivity index (χ1) is 6.20. The van der Waals surface area contributed by atoms with Crippen LogP contribution in [0.15, 0.2) is 26.9 Å². The average Bonchev–Trinajstić information content (AvgIpc) is 2.42. The smallest absolute Gasteiger partial charge is 0.0711 e. The maximum absolute atomic E-state index is 5.78. The Balaban J connectivity index is 2.72. The van der Waals surface area contributed by atoms with Crippen LogP contribution in [-0.2, 0) is 5.88 Å². The number of benzene rings is 1. The second-order valence-corrected chi connectivity index (χ2v) is 5.91. The van der Waals surface area contributed by atoms with Crippen LogP contribution < -0.4 is 0 Å². The van der Waals surface area contributed by atoms with Crippen molar-refractivity contribution in [1.29, 1.82) is 0 Å². The summed E-state index contributed by atoms with van der Waals surface area (Å²) in [5, 5.41) is 1.22. The number of thiophene rings is 1. The molecule has 2 aromatic rings. The lowest BCUT2D eigenvalue weighted by Gasteiger charge is -1.99. The van der Waals surface area contributed by atoms with Gasteiger partial charge >= 0.3 is 0 Å². The predicted octanol–water partition coefficient (Wildman–Crippen LogP) is 4.69. The van der Waals surface area contributed by atoms with Gasteiger partial charge in [-0.05, 0) is 45.1 Å². The van der Waals surface area contributed by atoms with Crippen molar-refractivity contribution in [1.82, 2.24) is 0 Å². The predicted molar refractivity (Wildman–Crippen MR) is 66.3 cm³/mol. The van der Waals surface area contributed by atoms with E-state index in [0.29, 0.717) is 5.88 Å². The van der Waals surface area contributed by atoms with Gasteiger partial charge in [0.25, 0.3) is 0 Å². The van der Waals surface area contributed by atoms with Crippen molar-refractivity contribution >= 4 is 61.6 Å². The van der Waals surface area contributed by atoms with E-state index in [4.69, 9.17) is 11.6 Å². The molecule has 68 valence electrons. The highest BCUT2D eigenvalue weighted by atomic mass is 79.9. The number of rotatable bonds is 1. The molecule has 0 atom stereocenters. The Morgan fingerprint density at radius 3 is 2.85 bits per heavy atom. The minimum Gasteiger partial charge on any atom is -0.143 e. The average molecular weight is 294 g/mol. The second-order valence-electron chi connectivity index (χ2n) is 2.70. The Kier molecular flexibility index (Phi) is 2.88. The zero-order valence-electron chi connectivity index (χ0n) is 6.55. The topological polar surface area (TPSA) is 0 Å². The van der Waals surface area contributed by atoms with E-state index in [9.17, 15) is 0 Å². The molecular formula is C9H6BrClS2. The van der Waals surface area contributed by atoms with Crippen LogP contribution in [0.2, 0.25) is 0 Å². The normalized spacial score (nSPS) is 11.0. The molecule has 0 N–H and O–H groups in total. The third-order valence-electron chi connectivity index (χ3n) is 1.83. The molecule has 13 heavy (non-hydrogen) atoms. The number of alkyl halides is 1. The van der Waals surface area contributed by atoms with Gasteiger partial charge in [-0.25, -0.2) is 0 Å². The number of fused-ring (bicyclic) bond motifs is 1. The van der Waals surface area contributed by atoms with Crippen molar-refractivity contribution in [2.75, 3.05) is 0 Å². The maximum atomic E-state index is 5.78. The van der Waals surface area contributed by atoms with E-state index < -0.39 is 0 Å². The van der Waals surface area contributed by atoms with Gasteiger partial charge in [0.15, 0.2) is 0 Å². The summed E-state index contributed by atoms with van der Waals surface area (Å²) >= 11 is 15.3. The molecule has 0 fully saturated rings. The van der Waals surface area contributed by atoms with Gasteiger partial charge < -0.3 is 0 Å². The van der Waals surface area contributed by atoms with Crippen molar-refractivity contribution in [2.45, 2.75) is 10.8 Å². The monoisotopic (exact) mass is 292 g/mol. The Morgan fingerprint density at radius 1 is 1.38 bits per heavy atom. The van der Waals surface area contributed by atoms with Gasteiger partial charge in [0.2, 0.25) is 0 Å². The Hall–Kier alpha value is 0.300. The summed E-state index contributed by atoms with van der Waals surface area (Å²) in [6, 6.07) is 6.25. The molecule has 0 aliphatic heterocycles. The van der Waals surface area contributed by atoms with E-state index in [1.54, 1.807) is 11.3 Å². The second kappa shape index (κ2) is 3.81. The Labute approximate surface area is 99.4 Å². The molecule has 0 bridgehead atoms. The molecule has 0 radical (unpaired) electrons. The fraction of sp³-hybridized carbons (Fsp3) is 0.111. The van der Waals surface area contributed by atoms with Crippen LogP contribution in [0.5, 0.6) is 0 Å². The molecule has 2 rings (SSSR count). The van der Waals surface area contributed by atoms with Crippen LogP contribution in [0, 0.1) is 0 Å². The molecule has 0 saturated carbocycles. The SMILES string of the molecule is Sc1cc2cc(Br)sc2cc1CCl. The van der Waals surface area contributed by atoms with Crippen LogP contribution in [0.1, 0.15) is 5.56 Å². The molecule has 0 unspecified atom stereocenters. The molecule has 0 nitrogen and oxygen atoms in total. The molecule has 0 aliphatic rings. The number of hydrogen-bond acceptors (Lipinski definition) is 2. The van der Waals surface area contributed by atoms with Crippen LogP contribution in [0.3, 0.4) is 0 Å². The van der Waals surface area contributed by atoms with Gasteiger partial charge in [0, 0.05) is 15.5 Å². The summed E-state index contributed by atoms with van der Waals surface area (Å²) < 4.78 is 2.39. The zero-order chi connectivity index (χ0) is 9.42. The number of thiol groups is 1. The summed E-state index contributed by atoms with van der Waals surface area (Å²) in [6.07, 6.45) is 0. The first-order valence-electron chi connectivity index (χ1n) is 3.67. The third-order valence-corrected chi connectivity index (χ3v) is 4.14. The highest BCUT2D eigenvalue weighted by Crippen LogP contribution is 2.33. The van der Waals surface area contributed by atoms with Crippen LogP contribution in [-0.4, -0.2) is 0 Å². The molecular weight excluding hydrogens is 288 g/mol. The molecule has 0 aliphatic carbocycles. The summed E-state index contributed by atoms with van der Waals surface area (Å²) in [5.74, 6) is 0.518. The minimum atomic E-state index is 0.518. The first kappa shape index (κ1) is 9.84. The van der Waals surface area contributed by atoms with Gasteiger partial charge in [-0.15, -0.1) is 35.6 Å².